The van der Waals surface area contributed by atoms with E-state index < -0.39 is 0 Å². The molecular weight excluding hydrogens is 544 g/mol. The fourth-order valence-corrected chi connectivity index (χ4v) is 6.45. The van der Waals surface area contributed by atoms with Crippen molar-refractivity contribution >= 4 is 0 Å². The lowest BCUT2D eigenvalue weighted by molar-refractivity contribution is 0.178. The summed E-state index contributed by atoms with van der Waals surface area (Å²) in [6.07, 6.45) is 55.5. The van der Waals surface area contributed by atoms with E-state index in [2.05, 4.69) is 72.3 Å². The van der Waals surface area contributed by atoms with Crippen molar-refractivity contribution in [2.75, 3.05) is 39.3 Å². The van der Waals surface area contributed by atoms with E-state index in [1.165, 1.54) is 200 Å². The van der Waals surface area contributed by atoms with Gasteiger partial charge in [0, 0.05) is 13.1 Å². The van der Waals surface area contributed by atoms with Crippen molar-refractivity contribution < 1.29 is 0 Å². The SMILES string of the molecule is CCCCC/C=C\C/C=C\CCCCCCCCN(CCCCCCCC/C=C\C/C=C\CCCCC)CCN1CCCCC1. The molecule has 0 spiro atoms. The molecule has 0 saturated carbocycles. The summed E-state index contributed by atoms with van der Waals surface area (Å²) in [7, 11) is 0. The third-order valence-electron chi connectivity index (χ3n) is 9.53. The molecule has 1 heterocycles. The minimum Gasteiger partial charge on any atom is -0.302 e. The average molecular weight is 625 g/mol. The number of hydrogen-bond acceptors (Lipinski definition) is 2. The molecule has 0 aromatic heterocycles. The van der Waals surface area contributed by atoms with Gasteiger partial charge in [-0.2, -0.15) is 0 Å². The standard InChI is InChI=1S/C43H80N2/c1-3-5-7-9-11-13-15-17-19-21-23-25-27-29-31-34-38-44(42-43-45-40-36-33-37-41-45)39-35-32-30-28-26-24-22-20-18-16-14-12-10-8-6-4-2/h11-14,17-20H,3-10,15-16,21-43H2,1-2H3/b13-11-,14-12-,19-17-,20-18-. The van der Waals surface area contributed by atoms with E-state index in [0.29, 0.717) is 0 Å². The van der Waals surface area contributed by atoms with Crippen LogP contribution in [-0.2, 0) is 0 Å². The van der Waals surface area contributed by atoms with E-state index >= 15 is 0 Å². The Morgan fingerprint density at radius 2 is 0.778 bits per heavy atom. The summed E-state index contributed by atoms with van der Waals surface area (Å²) in [6.45, 7) is 12.5. The van der Waals surface area contributed by atoms with E-state index in [4.69, 9.17) is 0 Å². The Hall–Kier alpha value is -1.12. The first-order valence-corrected chi connectivity index (χ1v) is 20.4. The molecule has 0 aromatic carbocycles. The smallest absolute Gasteiger partial charge is 0.0109 e. The summed E-state index contributed by atoms with van der Waals surface area (Å²) in [5.74, 6) is 0. The maximum Gasteiger partial charge on any atom is 0.0109 e. The predicted molar refractivity (Wildman–Crippen MR) is 205 cm³/mol. The third kappa shape index (κ3) is 31.3. The molecule has 1 aliphatic rings. The minimum atomic E-state index is 1.12. The number of likely N-dealkylation sites (tertiary alicyclic amines) is 1. The monoisotopic (exact) mass is 625 g/mol. The van der Waals surface area contributed by atoms with Gasteiger partial charge in [0.15, 0.2) is 0 Å². The van der Waals surface area contributed by atoms with Gasteiger partial charge in [-0.25, -0.2) is 0 Å². The fraction of sp³-hybridized carbons (Fsp3) is 0.814. The maximum absolute atomic E-state index is 2.82. The molecule has 1 fully saturated rings. The summed E-state index contributed by atoms with van der Waals surface area (Å²) in [5, 5.41) is 0. The van der Waals surface area contributed by atoms with Gasteiger partial charge < -0.3 is 9.80 Å². The first-order valence-electron chi connectivity index (χ1n) is 20.4. The highest BCUT2D eigenvalue weighted by Crippen LogP contribution is 2.13. The lowest BCUT2D eigenvalue weighted by atomic mass is 10.1. The van der Waals surface area contributed by atoms with Crippen LogP contribution in [0.3, 0.4) is 0 Å². The molecule has 0 unspecified atom stereocenters. The first-order chi connectivity index (χ1) is 22.4. The van der Waals surface area contributed by atoms with E-state index in [-0.39, 0.29) is 0 Å². The van der Waals surface area contributed by atoms with Gasteiger partial charge in [-0.1, -0.05) is 146 Å². The summed E-state index contributed by atoms with van der Waals surface area (Å²) in [5.41, 5.74) is 0. The molecule has 0 bridgehead atoms. The third-order valence-corrected chi connectivity index (χ3v) is 9.53. The van der Waals surface area contributed by atoms with Gasteiger partial charge in [-0.05, 0) is 116 Å². The molecule has 0 aliphatic carbocycles. The molecule has 1 rings (SSSR count). The van der Waals surface area contributed by atoms with Crippen LogP contribution < -0.4 is 0 Å². The summed E-state index contributed by atoms with van der Waals surface area (Å²) < 4.78 is 0. The molecule has 2 nitrogen and oxygen atoms in total. The number of piperidine rings is 1. The molecule has 0 amide bonds. The highest BCUT2D eigenvalue weighted by Gasteiger charge is 2.12. The minimum absolute atomic E-state index is 1.12. The predicted octanol–water partition coefficient (Wildman–Crippen LogP) is 13.4. The molecule has 1 saturated heterocycles. The molecular formula is C43H80N2. The van der Waals surface area contributed by atoms with Gasteiger partial charge >= 0.3 is 0 Å². The van der Waals surface area contributed by atoms with Crippen molar-refractivity contribution in [2.45, 2.75) is 187 Å². The zero-order chi connectivity index (χ0) is 32.1. The number of allylic oxidation sites excluding steroid dienone is 8. The Kier molecular flexibility index (Phi) is 33.3. The van der Waals surface area contributed by atoms with Gasteiger partial charge in [-0.15, -0.1) is 0 Å². The van der Waals surface area contributed by atoms with E-state index in [1.807, 2.05) is 0 Å². The molecule has 1 aliphatic heterocycles. The van der Waals surface area contributed by atoms with Gasteiger partial charge in [0.25, 0.3) is 0 Å². The zero-order valence-electron chi connectivity index (χ0n) is 30.8. The quantitative estimate of drug-likeness (QED) is 0.0529. The Labute approximate surface area is 284 Å². The van der Waals surface area contributed by atoms with Crippen LogP contribution in [0.15, 0.2) is 48.6 Å². The zero-order valence-corrected chi connectivity index (χ0v) is 30.8. The Morgan fingerprint density at radius 1 is 0.400 bits per heavy atom. The second-order valence-electron chi connectivity index (χ2n) is 13.9. The van der Waals surface area contributed by atoms with Gasteiger partial charge in [0.1, 0.15) is 0 Å². The van der Waals surface area contributed by atoms with E-state index in [0.717, 1.165) is 12.8 Å². The highest BCUT2D eigenvalue weighted by atomic mass is 15.2. The van der Waals surface area contributed by atoms with Crippen LogP contribution >= 0.6 is 0 Å². The van der Waals surface area contributed by atoms with Crippen molar-refractivity contribution in [3.8, 4) is 0 Å². The Balaban J connectivity index is 2.06. The van der Waals surface area contributed by atoms with Crippen molar-refractivity contribution in [3.63, 3.8) is 0 Å². The summed E-state index contributed by atoms with van der Waals surface area (Å²) >= 11 is 0. The van der Waals surface area contributed by atoms with Crippen LogP contribution in [0.25, 0.3) is 0 Å². The van der Waals surface area contributed by atoms with Gasteiger partial charge in [0.05, 0.1) is 0 Å². The maximum atomic E-state index is 2.82. The number of hydrogen-bond donors (Lipinski definition) is 0. The van der Waals surface area contributed by atoms with Crippen LogP contribution in [-0.4, -0.2) is 49.1 Å². The van der Waals surface area contributed by atoms with Crippen LogP contribution in [0.1, 0.15) is 187 Å². The second kappa shape index (κ2) is 35.7. The largest absolute Gasteiger partial charge is 0.302 e. The molecule has 2 heteroatoms. The highest BCUT2D eigenvalue weighted by molar-refractivity contribution is 4.93. The molecule has 262 valence electrons. The van der Waals surface area contributed by atoms with Crippen molar-refractivity contribution in [3.05, 3.63) is 48.6 Å². The second-order valence-corrected chi connectivity index (χ2v) is 13.9. The van der Waals surface area contributed by atoms with Gasteiger partial charge in [0.2, 0.25) is 0 Å². The van der Waals surface area contributed by atoms with Crippen LogP contribution in [0.5, 0.6) is 0 Å². The van der Waals surface area contributed by atoms with Crippen LogP contribution in [0.4, 0.5) is 0 Å². The molecule has 0 aromatic rings. The Bertz CT molecular complexity index is 636. The summed E-state index contributed by atoms with van der Waals surface area (Å²) in [6, 6.07) is 0. The number of nitrogens with zero attached hydrogens (tertiary/aromatic N) is 2. The average Bonchev–Trinajstić information content (AvgIpc) is 3.06. The number of unbranched alkanes of at least 4 members (excludes halogenated alkanes) is 18. The molecule has 0 radical (unpaired) electrons. The molecule has 0 atom stereocenters. The summed E-state index contributed by atoms with van der Waals surface area (Å²) in [4.78, 5) is 5.55. The van der Waals surface area contributed by atoms with Gasteiger partial charge in [-0.3, -0.25) is 0 Å². The topological polar surface area (TPSA) is 6.48 Å². The van der Waals surface area contributed by atoms with Crippen LogP contribution in [0, 0.1) is 0 Å². The number of rotatable bonds is 33. The van der Waals surface area contributed by atoms with Crippen molar-refractivity contribution in [1.29, 1.82) is 0 Å². The lowest BCUT2D eigenvalue weighted by Crippen LogP contribution is -2.38. The van der Waals surface area contributed by atoms with E-state index in [9.17, 15) is 0 Å². The van der Waals surface area contributed by atoms with Crippen LogP contribution in [0.2, 0.25) is 0 Å². The first kappa shape index (κ1) is 41.9. The lowest BCUT2D eigenvalue weighted by Gasteiger charge is -2.30. The molecule has 0 N–H and O–H groups in total. The Morgan fingerprint density at radius 3 is 1.20 bits per heavy atom. The van der Waals surface area contributed by atoms with E-state index in [1.54, 1.807) is 0 Å². The molecule has 45 heavy (non-hydrogen) atoms. The van der Waals surface area contributed by atoms with Crippen molar-refractivity contribution in [1.82, 2.24) is 9.80 Å². The van der Waals surface area contributed by atoms with Crippen molar-refractivity contribution in [2.24, 2.45) is 0 Å². The normalized spacial score (nSPS) is 14.9. The fourth-order valence-electron chi connectivity index (χ4n) is 6.45.